The first-order valence-corrected chi connectivity index (χ1v) is 6.28. The van der Waals surface area contributed by atoms with Crippen molar-refractivity contribution in [1.29, 1.82) is 0 Å². The Labute approximate surface area is 114 Å². The monoisotopic (exact) mass is 263 g/mol. The van der Waals surface area contributed by atoms with E-state index in [0.717, 1.165) is 0 Å². The van der Waals surface area contributed by atoms with Crippen LogP contribution in [0, 0.1) is 0 Å². The largest absolute Gasteiger partial charge is 0.507 e. The van der Waals surface area contributed by atoms with Crippen LogP contribution in [-0.4, -0.2) is 23.2 Å². The number of phenolic OH excluding ortho intramolecular Hbond substituents is 1. The molecule has 4 heteroatoms. The Balaban J connectivity index is 2.74. The topological polar surface area (TPSA) is 58.6 Å². The van der Waals surface area contributed by atoms with Crippen molar-refractivity contribution in [2.45, 2.75) is 33.2 Å². The summed E-state index contributed by atoms with van der Waals surface area (Å²) in [4.78, 5) is 11.6. The van der Waals surface area contributed by atoms with Crippen molar-refractivity contribution >= 4 is 12.0 Å². The summed E-state index contributed by atoms with van der Waals surface area (Å²) >= 11 is 0. The van der Waals surface area contributed by atoms with Gasteiger partial charge in [0.25, 0.3) is 0 Å². The van der Waals surface area contributed by atoms with E-state index in [4.69, 9.17) is 4.74 Å². The van der Waals surface area contributed by atoms with E-state index in [9.17, 15) is 9.90 Å². The molecule has 0 heterocycles. The molecule has 0 aliphatic rings. The van der Waals surface area contributed by atoms with E-state index >= 15 is 0 Å². The molecule has 1 amide bonds. The normalized spacial score (nSPS) is 11.6. The van der Waals surface area contributed by atoms with Crippen molar-refractivity contribution < 1.29 is 14.6 Å². The smallest absolute Gasteiger partial charge is 0.244 e. The highest BCUT2D eigenvalue weighted by Gasteiger charge is 2.11. The minimum Gasteiger partial charge on any atom is -0.507 e. The van der Waals surface area contributed by atoms with Crippen molar-refractivity contribution in [1.82, 2.24) is 5.32 Å². The molecule has 1 rings (SSSR count). The van der Waals surface area contributed by atoms with Crippen LogP contribution in [0.4, 0.5) is 0 Å². The Hall–Kier alpha value is -1.97. The third kappa shape index (κ3) is 5.46. The molecule has 0 aliphatic carbocycles. The molecule has 0 fully saturated rings. The third-order valence-electron chi connectivity index (χ3n) is 2.23. The number of nitrogens with one attached hydrogen (secondary N) is 1. The summed E-state index contributed by atoms with van der Waals surface area (Å²) in [6.07, 6.45) is 2.98. The molecule has 19 heavy (non-hydrogen) atoms. The maximum absolute atomic E-state index is 11.6. The van der Waals surface area contributed by atoms with Crippen LogP contribution in [0.1, 0.15) is 33.3 Å². The summed E-state index contributed by atoms with van der Waals surface area (Å²) in [6.45, 7) is 8.15. The van der Waals surface area contributed by atoms with E-state index in [-0.39, 0.29) is 17.2 Å². The Morgan fingerprint density at radius 1 is 1.42 bits per heavy atom. The predicted molar refractivity (Wildman–Crippen MR) is 76.2 cm³/mol. The lowest BCUT2D eigenvalue weighted by Gasteiger charge is -2.18. The lowest BCUT2D eigenvalue weighted by atomic mass is 10.1. The Kier molecular flexibility index (Phi) is 4.98. The van der Waals surface area contributed by atoms with Crippen molar-refractivity contribution in [2.75, 3.05) is 6.61 Å². The number of rotatable bonds is 4. The molecule has 0 unspecified atom stereocenters. The summed E-state index contributed by atoms with van der Waals surface area (Å²) in [5.41, 5.74) is 0.301. The second-order valence-corrected chi connectivity index (χ2v) is 5.23. The fraction of sp³-hybridized carbons (Fsp3) is 0.400. The van der Waals surface area contributed by atoms with Crippen LogP contribution in [-0.2, 0) is 4.79 Å². The number of amides is 1. The molecule has 0 bridgehead atoms. The second-order valence-electron chi connectivity index (χ2n) is 5.23. The van der Waals surface area contributed by atoms with Crippen molar-refractivity contribution in [2.24, 2.45) is 0 Å². The first kappa shape index (κ1) is 15.1. The summed E-state index contributed by atoms with van der Waals surface area (Å²) < 4.78 is 5.27. The van der Waals surface area contributed by atoms with Gasteiger partial charge in [0.05, 0.1) is 6.61 Å². The first-order valence-electron chi connectivity index (χ1n) is 6.28. The molecular formula is C15H21NO3. The summed E-state index contributed by atoms with van der Waals surface area (Å²) in [5.74, 6) is 0.503. The van der Waals surface area contributed by atoms with Gasteiger partial charge in [0, 0.05) is 23.2 Å². The zero-order valence-corrected chi connectivity index (χ0v) is 11.9. The maximum atomic E-state index is 11.6. The SMILES string of the molecule is CCOc1ccc(/C=C/C(=O)NC(C)(C)C)c(O)c1. The summed E-state index contributed by atoms with van der Waals surface area (Å²) in [7, 11) is 0. The fourth-order valence-electron chi connectivity index (χ4n) is 1.50. The van der Waals surface area contributed by atoms with Gasteiger partial charge < -0.3 is 15.2 Å². The number of aromatic hydroxyl groups is 1. The van der Waals surface area contributed by atoms with Gasteiger partial charge in [-0.25, -0.2) is 0 Å². The second kappa shape index (κ2) is 6.27. The minimum atomic E-state index is -0.276. The quantitative estimate of drug-likeness (QED) is 0.821. The van der Waals surface area contributed by atoms with Crippen LogP contribution in [0.5, 0.6) is 11.5 Å². The van der Waals surface area contributed by atoms with Gasteiger partial charge in [0.2, 0.25) is 5.91 Å². The van der Waals surface area contributed by atoms with Crippen LogP contribution in [0.2, 0.25) is 0 Å². The fourth-order valence-corrected chi connectivity index (χ4v) is 1.50. The molecule has 0 atom stereocenters. The molecule has 1 aromatic carbocycles. The lowest BCUT2D eigenvalue weighted by Crippen LogP contribution is -2.39. The zero-order chi connectivity index (χ0) is 14.5. The molecule has 4 nitrogen and oxygen atoms in total. The average molecular weight is 263 g/mol. The van der Waals surface area contributed by atoms with E-state index < -0.39 is 0 Å². The molecule has 104 valence electrons. The Bertz CT molecular complexity index is 473. The number of hydrogen-bond acceptors (Lipinski definition) is 3. The van der Waals surface area contributed by atoms with E-state index in [0.29, 0.717) is 17.9 Å². The van der Waals surface area contributed by atoms with Gasteiger partial charge in [-0.2, -0.15) is 0 Å². The lowest BCUT2D eigenvalue weighted by molar-refractivity contribution is -0.117. The average Bonchev–Trinajstić information content (AvgIpc) is 2.26. The zero-order valence-electron chi connectivity index (χ0n) is 11.9. The van der Waals surface area contributed by atoms with Crippen LogP contribution >= 0.6 is 0 Å². The Morgan fingerprint density at radius 2 is 2.11 bits per heavy atom. The number of carbonyl (C=O) groups excluding carboxylic acids is 1. The summed E-state index contributed by atoms with van der Waals surface area (Å²) in [6, 6.07) is 5.00. The maximum Gasteiger partial charge on any atom is 0.244 e. The number of ether oxygens (including phenoxy) is 1. The Morgan fingerprint density at radius 3 is 2.63 bits per heavy atom. The summed E-state index contributed by atoms with van der Waals surface area (Å²) in [5, 5.41) is 12.6. The molecule has 0 aliphatic heterocycles. The van der Waals surface area contributed by atoms with Crippen LogP contribution in [0.25, 0.3) is 6.08 Å². The molecular weight excluding hydrogens is 242 g/mol. The molecule has 2 N–H and O–H groups in total. The van der Waals surface area contributed by atoms with Crippen LogP contribution < -0.4 is 10.1 Å². The molecule has 0 spiro atoms. The molecule has 0 saturated heterocycles. The van der Waals surface area contributed by atoms with Crippen molar-refractivity contribution in [3.63, 3.8) is 0 Å². The van der Waals surface area contributed by atoms with Gasteiger partial charge in [-0.15, -0.1) is 0 Å². The third-order valence-corrected chi connectivity index (χ3v) is 2.23. The van der Waals surface area contributed by atoms with Gasteiger partial charge in [-0.3, -0.25) is 4.79 Å². The number of carbonyl (C=O) groups is 1. The van der Waals surface area contributed by atoms with Crippen LogP contribution in [0.3, 0.4) is 0 Å². The number of hydrogen-bond donors (Lipinski definition) is 2. The predicted octanol–water partition coefficient (Wildman–Crippen LogP) is 2.72. The van der Waals surface area contributed by atoms with Crippen molar-refractivity contribution in [3.05, 3.63) is 29.8 Å². The highest BCUT2D eigenvalue weighted by Crippen LogP contribution is 2.24. The van der Waals surface area contributed by atoms with Crippen molar-refractivity contribution in [3.8, 4) is 11.5 Å². The van der Waals surface area contributed by atoms with Gasteiger partial charge in [0.1, 0.15) is 11.5 Å². The van der Waals surface area contributed by atoms with Gasteiger partial charge in [0.15, 0.2) is 0 Å². The molecule has 0 saturated carbocycles. The van der Waals surface area contributed by atoms with E-state index in [1.807, 2.05) is 27.7 Å². The van der Waals surface area contributed by atoms with E-state index in [2.05, 4.69) is 5.32 Å². The van der Waals surface area contributed by atoms with Gasteiger partial charge >= 0.3 is 0 Å². The molecule has 0 radical (unpaired) electrons. The standard InChI is InChI=1S/C15H21NO3/c1-5-19-12-8-6-11(13(17)10-12)7-9-14(18)16-15(2,3)4/h6-10,17H,5H2,1-4H3,(H,16,18)/b9-7+. The van der Waals surface area contributed by atoms with Crippen LogP contribution in [0.15, 0.2) is 24.3 Å². The number of benzene rings is 1. The molecule has 0 aromatic heterocycles. The molecule has 1 aromatic rings. The highest BCUT2D eigenvalue weighted by atomic mass is 16.5. The van der Waals surface area contributed by atoms with E-state index in [1.165, 1.54) is 12.1 Å². The highest BCUT2D eigenvalue weighted by molar-refractivity contribution is 5.92. The van der Waals surface area contributed by atoms with Gasteiger partial charge in [-0.1, -0.05) is 0 Å². The van der Waals surface area contributed by atoms with Gasteiger partial charge in [-0.05, 0) is 45.9 Å². The minimum absolute atomic E-state index is 0.0887. The number of phenols is 1. The first-order chi connectivity index (χ1) is 8.81. The van der Waals surface area contributed by atoms with E-state index in [1.54, 1.807) is 18.2 Å².